The number of benzene rings is 1. The molecule has 0 aliphatic carbocycles. The number of likely N-dealkylation sites (tertiary alicyclic amines) is 1. The zero-order chi connectivity index (χ0) is 17.0. The zero-order valence-corrected chi connectivity index (χ0v) is 14.2. The van der Waals surface area contributed by atoms with Crippen molar-refractivity contribution in [2.75, 3.05) is 24.5 Å². The fourth-order valence-corrected chi connectivity index (χ4v) is 3.22. The fourth-order valence-electron chi connectivity index (χ4n) is 3.22. The Morgan fingerprint density at radius 3 is 2.52 bits per heavy atom. The molecule has 1 atom stereocenters. The lowest BCUT2D eigenvalue weighted by Crippen LogP contribution is -2.50. The molecule has 1 fully saturated rings. The number of aliphatic carboxylic acids is 1. The standard InChI is InChI=1S/C18H26N2O3/c1-4-19(14-9-6-5-7-10-14)13-18(2,3)17(23)20-12-8-11-15(20)16(21)22/h5-7,9-10,15H,4,8,11-13H2,1-3H3,(H,21,22). The Hall–Kier alpha value is -2.04. The second-order valence-corrected chi connectivity index (χ2v) is 6.73. The largest absolute Gasteiger partial charge is 0.480 e. The van der Waals surface area contributed by atoms with E-state index in [2.05, 4.69) is 11.8 Å². The number of carbonyl (C=O) groups excluding carboxylic acids is 1. The van der Waals surface area contributed by atoms with Gasteiger partial charge in [-0.1, -0.05) is 18.2 Å². The van der Waals surface area contributed by atoms with Gasteiger partial charge in [0.25, 0.3) is 0 Å². The first kappa shape index (κ1) is 17.3. The minimum atomic E-state index is -0.901. The van der Waals surface area contributed by atoms with Crippen molar-refractivity contribution in [1.82, 2.24) is 4.90 Å². The predicted molar refractivity (Wildman–Crippen MR) is 90.5 cm³/mol. The van der Waals surface area contributed by atoms with E-state index in [-0.39, 0.29) is 5.91 Å². The molecule has 2 rings (SSSR count). The number of carboxylic acid groups (broad SMARTS) is 1. The van der Waals surface area contributed by atoms with E-state index in [0.717, 1.165) is 18.7 Å². The molecule has 1 unspecified atom stereocenters. The summed E-state index contributed by atoms with van der Waals surface area (Å²) < 4.78 is 0. The van der Waals surface area contributed by atoms with Crippen molar-refractivity contribution in [3.63, 3.8) is 0 Å². The second kappa shape index (κ2) is 7.02. The number of amides is 1. The van der Waals surface area contributed by atoms with Gasteiger partial charge in [-0.15, -0.1) is 0 Å². The van der Waals surface area contributed by atoms with Crippen LogP contribution < -0.4 is 4.90 Å². The maximum absolute atomic E-state index is 12.9. The second-order valence-electron chi connectivity index (χ2n) is 6.73. The third-order valence-corrected chi connectivity index (χ3v) is 4.47. The third kappa shape index (κ3) is 3.84. The van der Waals surface area contributed by atoms with Gasteiger partial charge in [0, 0.05) is 25.3 Å². The molecule has 0 radical (unpaired) electrons. The van der Waals surface area contributed by atoms with Crippen LogP contribution in [-0.2, 0) is 9.59 Å². The molecule has 0 saturated carbocycles. The van der Waals surface area contributed by atoms with E-state index in [0.29, 0.717) is 19.5 Å². The summed E-state index contributed by atoms with van der Waals surface area (Å²) in [6.07, 6.45) is 1.31. The number of hydrogen-bond donors (Lipinski definition) is 1. The first-order valence-electron chi connectivity index (χ1n) is 8.20. The molecule has 5 nitrogen and oxygen atoms in total. The van der Waals surface area contributed by atoms with Gasteiger partial charge in [0.2, 0.25) is 5.91 Å². The number of hydrogen-bond acceptors (Lipinski definition) is 3. The van der Waals surface area contributed by atoms with Gasteiger partial charge in [0.15, 0.2) is 0 Å². The SMILES string of the molecule is CCN(CC(C)(C)C(=O)N1CCCC1C(=O)O)c1ccccc1. The molecule has 1 aromatic rings. The topological polar surface area (TPSA) is 60.9 Å². The Labute approximate surface area is 137 Å². The number of para-hydroxylation sites is 1. The van der Waals surface area contributed by atoms with Crippen molar-refractivity contribution in [3.8, 4) is 0 Å². The molecule has 0 aromatic heterocycles. The number of carboxylic acids is 1. The van der Waals surface area contributed by atoms with Crippen LogP contribution >= 0.6 is 0 Å². The Morgan fingerprint density at radius 1 is 1.30 bits per heavy atom. The maximum Gasteiger partial charge on any atom is 0.326 e. The fraction of sp³-hybridized carbons (Fsp3) is 0.556. The highest BCUT2D eigenvalue weighted by atomic mass is 16.4. The van der Waals surface area contributed by atoms with Crippen LogP contribution in [0.5, 0.6) is 0 Å². The van der Waals surface area contributed by atoms with Crippen molar-refractivity contribution in [1.29, 1.82) is 0 Å². The molecule has 1 aromatic carbocycles. The van der Waals surface area contributed by atoms with Crippen molar-refractivity contribution in [2.45, 2.75) is 39.7 Å². The smallest absolute Gasteiger partial charge is 0.326 e. The van der Waals surface area contributed by atoms with Crippen LogP contribution in [0.3, 0.4) is 0 Å². The Bertz CT molecular complexity index is 557. The molecule has 1 saturated heterocycles. The molecular formula is C18H26N2O3. The first-order valence-corrected chi connectivity index (χ1v) is 8.20. The number of carbonyl (C=O) groups is 2. The Kier molecular flexibility index (Phi) is 5.29. The monoisotopic (exact) mass is 318 g/mol. The van der Waals surface area contributed by atoms with Gasteiger partial charge in [-0.05, 0) is 45.7 Å². The molecule has 0 spiro atoms. The summed E-state index contributed by atoms with van der Waals surface area (Å²) in [5.41, 5.74) is 0.441. The molecule has 1 amide bonds. The number of rotatable bonds is 6. The molecule has 1 aliphatic rings. The summed E-state index contributed by atoms with van der Waals surface area (Å²) in [5, 5.41) is 9.30. The summed E-state index contributed by atoms with van der Waals surface area (Å²) in [6, 6.07) is 9.31. The van der Waals surface area contributed by atoms with Gasteiger partial charge in [0.1, 0.15) is 6.04 Å². The van der Waals surface area contributed by atoms with Crippen molar-refractivity contribution < 1.29 is 14.7 Å². The minimum Gasteiger partial charge on any atom is -0.480 e. The Balaban J connectivity index is 2.13. The Morgan fingerprint density at radius 2 is 1.96 bits per heavy atom. The lowest BCUT2D eigenvalue weighted by Gasteiger charge is -2.36. The van der Waals surface area contributed by atoms with E-state index in [1.54, 1.807) is 4.90 Å². The van der Waals surface area contributed by atoms with Crippen molar-refractivity contribution >= 4 is 17.6 Å². The molecule has 1 aliphatic heterocycles. The summed E-state index contributed by atoms with van der Waals surface area (Å²) in [6.45, 7) is 7.76. The van der Waals surface area contributed by atoms with Gasteiger partial charge < -0.3 is 14.9 Å². The van der Waals surface area contributed by atoms with E-state index in [9.17, 15) is 14.7 Å². The van der Waals surface area contributed by atoms with Gasteiger partial charge in [-0.25, -0.2) is 4.79 Å². The highest BCUT2D eigenvalue weighted by molar-refractivity contribution is 5.88. The summed E-state index contributed by atoms with van der Waals surface area (Å²) in [5.74, 6) is -0.973. The van der Waals surface area contributed by atoms with Gasteiger partial charge in [-0.3, -0.25) is 4.79 Å². The minimum absolute atomic E-state index is 0.0724. The van der Waals surface area contributed by atoms with E-state index in [1.165, 1.54) is 0 Å². The summed E-state index contributed by atoms with van der Waals surface area (Å²) in [4.78, 5) is 27.9. The van der Waals surface area contributed by atoms with E-state index < -0.39 is 17.4 Å². The average molecular weight is 318 g/mol. The average Bonchev–Trinajstić information content (AvgIpc) is 3.02. The lowest BCUT2D eigenvalue weighted by atomic mass is 9.90. The molecule has 5 heteroatoms. The number of nitrogens with zero attached hydrogens (tertiary/aromatic N) is 2. The van der Waals surface area contributed by atoms with Crippen molar-refractivity contribution in [2.24, 2.45) is 5.41 Å². The normalized spacial score (nSPS) is 18.0. The van der Waals surface area contributed by atoms with Crippen LogP contribution in [-0.4, -0.2) is 47.6 Å². The maximum atomic E-state index is 12.9. The molecule has 0 bridgehead atoms. The van der Waals surface area contributed by atoms with Crippen LogP contribution in [0.25, 0.3) is 0 Å². The molecular weight excluding hydrogens is 292 g/mol. The van der Waals surface area contributed by atoms with Crippen LogP contribution in [0.1, 0.15) is 33.6 Å². The van der Waals surface area contributed by atoms with Crippen LogP contribution in [0.4, 0.5) is 5.69 Å². The summed E-state index contributed by atoms with van der Waals surface area (Å²) in [7, 11) is 0. The van der Waals surface area contributed by atoms with Gasteiger partial charge in [-0.2, -0.15) is 0 Å². The van der Waals surface area contributed by atoms with E-state index in [1.807, 2.05) is 44.2 Å². The van der Waals surface area contributed by atoms with Gasteiger partial charge in [0.05, 0.1) is 5.41 Å². The highest BCUT2D eigenvalue weighted by Gasteiger charge is 2.41. The molecule has 1 N–H and O–H groups in total. The van der Waals surface area contributed by atoms with E-state index >= 15 is 0 Å². The quantitative estimate of drug-likeness (QED) is 0.876. The van der Waals surface area contributed by atoms with Crippen LogP contribution in [0.2, 0.25) is 0 Å². The van der Waals surface area contributed by atoms with Gasteiger partial charge >= 0.3 is 5.97 Å². The first-order chi connectivity index (χ1) is 10.9. The van der Waals surface area contributed by atoms with Crippen LogP contribution in [0, 0.1) is 5.41 Å². The highest BCUT2D eigenvalue weighted by Crippen LogP contribution is 2.28. The molecule has 23 heavy (non-hydrogen) atoms. The predicted octanol–water partition coefficient (Wildman–Crippen LogP) is 2.61. The van der Waals surface area contributed by atoms with E-state index in [4.69, 9.17) is 0 Å². The number of anilines is 1. The summed E-state index contributed by atoms with van der Waals surface area (Å²) >= 11 is 0. The van der Waals surface area contributed by atoms with Crippen LogP contribution in [0.15, 0.2) is 30.3 Å². The molecule has 1 heterocycles. The third-order valence-electron chi connectivity index (χ3n) is 4.47. The lowest BCUT2D eigenvalue weighted by molar-refractivity contribution is -0.152. The molecule has 126 valence electrons. The van der Waals surface area contributed by atoms with Crippen molar-refractivity contribution in [3.05, 3.63) is 30.3 Å². The zero-order valence-electron chi connectivity index (χ0n) is 14.2.